The number of benzene rings is 2. The molecule has 24 heavy (non-hydrogen) atoms. The molecule has 4 heteroatoms. The van der Waals surface area contributed by atoms with Gasteiger partial charge in [-0.15, -0.1) is 0 Å². The van der Waals surface area contributed by atoms with Crippen molar-refractivity contribution in [2.45, 2.75) is 6.92 Å². The van der Waals surface area contributed by atoms with Gasteiger partial charge in [0.05, 0.1) is 7.11 Å². The summed E-state index contributed by atoms with van der Waals surface area (Å²) in [6.45, 7) is 1.92. The van der Waals surface area contributed by atoms with Crippen molar-refractivity contribution in [2.24, 2.45) is 4.99 Å². The maximum Gasteiger partial charge on any atom is 0.363 e. The number of aliphatic imine (C=N–C) groups is 1. The minimum atomic E-state index is -0.450. The highest BCUT2D eigenvalue weighted by atomic mass is 16.6. The molecule has 1 aliphatic rings. The van der Waals surface area contributed by atoms with Crippen molar-refractivity contribution in [3.8, 4) is 5.75 Å². The molecule has 3 rings (SSSR count). The molecule has 0 saturated carbocycles. The molecule has 120 valence electrons. The number of carbonyl (C=O) groups excluding carboxylic acids is 1. The largest absolute Gasteiger partial charge is 0.497 e. The minimum Gasteiger partial charge on any atom is -0.497 e. The molecule has 1 heterocycles. The van der Waals surface area contributed by atoms with E-state index in [1.54, 1.807) is 19.3 Å². The predicted octanol–water partition coefficient (Wildman–Crippen LogP) is 3.99. The zero-order valence-corrected chi connectivity index (χ0v) is 13.5. The van der Waals surface area contributed by atoms with E-state index in [9.17, 15) is 4.79 Å². The summed E-state index contributed by atoms with van der Waals surface area (Å²) in [7, 11) is 1.59. The maximum atomic E-state index is 12.0. The van der Waals surface area contributed by atoms with Crippen LogP contribution in [0.1, 0.15) is 18.1 Å². The van der Waals surface area contributed by atoms with E-state index in [1.165, 1.54) is 0 Å². The summed E-state index contributed by atoms with van der Waals surface area (Å²) in [4.78, 5) is 16.3. The van der Waals surface area contributed by atoms with Crippen LogP contribution >= 0.6 is 0 Å². The van der Waals surface area contributed by atoms with Gasteiger partial charge < -0.3 is 9.47 Å². The van der Waals surface area contributed by atoms with E-state index >= 15 is 0 Å². The van der Waals surface area contributed by atoms with Gasteiger partial charge in [-0.1, -0.05) is 42.5 Å². The van der Waals surface area contributed by atoms with Crippen LogP contribution in [0.4, 0.5) is 0 Å². The zero-order valence-electron chi connectivity index (χ0n) is 13.5. The monoisotopic (exact) mass is 319 g/mol. The van der Waals surface area contributed by atoms with Gasteiger partial charge in [0, 0.05) is 5.56 Å². The summed E-state index contributed by atoms with van der Waals surface area (Å²) < 4.78 is 10.5. The van der Waals surface area contributed by atoms with E-state index in [-0.39, 0.29) is 11.6 Å². The number of methoxy groups -OCH3 is 1. The first-order chi connectivity index (χ1) is 11.7. The van der Waals surface area contributed by atoms with E-state index < -0.39 is 5.97 Å². The van der Waals surface area contributed by atoms with Crippen molar-refractivity contribution < 1.29 is 14.3 Å². The van der Waals surface area contributed by atoms with Crippen LogP contribution in [-0.4, -0.2) is 19.0 Å². The molecule has 0 aliphatic carbocycles. The Labute approximate surface area is 140 Å². The fourth-order valence-corrected chi connectivity index (χ4v) is 2.36. The van der Waals surface area contributed by atoms with E-state index in [1.807, 2.05) is 61.5 Å². The number of cyclic esters (lactones) is 1. The van der Waals surface area contributed by atoms with Gasteiger partial charge in [-0.25, -0.2) is 9.79 Å². The molecule has 0 N–H and O–H groups in total. The smallest absolute Gasteiger partial charge is 0.363 e. The lowest BCUT2D eigenvalue weighted by atomic mass is 10.1. The molecule has 0 saturated heterocycles. The van der Waals surface area contributed by atoms with Crippen molar-refractivity contribution in [3.05, 3.63) is 83.1 Å². The summed E-state index contributed by atoms with van der Waals surface area (Å²) in [5, 5.41) is 0. The molecule has 2 aromatic carbocycles. The first-order valence-corrected chi connectivity index (χ1v) is 7.56. The Bertz CT molecular complexity index is 848. The van der Waals surface area contributed by atoms with Gasteiger partial charge in [0.15, 0.2) is 5.70 Å². The lowest BCUT2D eigenvalue weighted by Crippen LogP contribution is -2.05. The first kappa shape index (κ1) is 15.7. The van der Waals surface area contributed by atoms with Crippen molar-refractivity contribution >= 4 is 17.9 Å². The Morgan fingerprint density at radius 3 is 2.67 bits per heavy atom. The summed E-state index contributed by atoms with van der Waals surface area (Å²) in [6.07, 6.45) is 3.71. The van der Waals surface area contributed by atoms with Gasteiger partial charge in [-0.05, 0) is 42.3 Å². The quantitative estimate of drug-likeness (QED) is 0.632. The molecule has 0 aromatic heterocycles. The number of esters is 1. The summed E-state index contributed by atoms with van der Waals surface area (Å²) in [5.74, 6) is 0.523. The van der Waals surface area contributed by atoms with Crippen molar-refractivity contribution in [3.63, 3.8) is 0 Å². The molecule has 0 atom stereocenters. The van der Waals surface area contributed by atoms with Gasteiger partial charge in [0.1, 0.15) is 5.75 Å². The van der Waals surface area contributed by atoms with Crippen molar-refractivity contribution in [2.75, 3.05) is 7.11 Å². The van der Waals surface area contributed by atoms with Gasteiger partial charge >= 0.3 is 5.97 Å². The SMILES string of the molecule is COc1cccc(C2=NC(=CC(C)=Cc3ccccc3)C(=O)O2)c1. The molecular weight excluding hydrogens is 302 g/mol. The maximum absolute atomic E-state index is 12.0. The second-order valence-corrected chi connectivity index (χ2v) is 5.37. The number of carbonyl (C=O) groups is 1. The number of allylic oxidation sites excluding steroid dienone is 2. The van der Waals surface area contributed by atoms with Crippen LogP contribution in [0.5, 0.6) is 5.75 Å². The molecular formula is C20H17NO3. The number of rotatable bonds is 4. The van der Waals surface area contributed by atoms with Gasteiger partial charge in [0.25, 0.3) is 0 Å². The van der Waals surface area contributed by atoms with E-state index in [0.29, 0.717) is 11.3 Å². The standard InChI is InChI=1S/C20H17NO3/c1-14(11-15-7-4-3-5-8-15)12-18-20(22)24-19(21-18)16-9-6-10-17(13-16)23-2/h3-13H,1-2H3. The summed E-state index contributed by atoms with van der Waals surface area (Å²) in [6, 6.07) is 17.2. The van der Waals surface area contributed by atoms with Crippen molar-refractivity contribution in [1.29, 1.82) is 0 Å². The highest BCUT2D eigenvalue weighted by Crippen LogP contribution is 2.21. The summed E-state index contributed by atoms with van der Waals surface area (Å²) >= 11 is 0. The molecule has 0 radical (unpaired) electrons. The van der Waals surface area contributed by atoms with Gasteiger partial charge in [-0.3, -0.25) is 0 Å². The lowest BCUT2D eigenvalue weighted by molar-refractivity contribution is -0.130. The fraction of sp³-hybridized carbons (Fsp3) is 0.100. The van der Waals surface area contributed by atoms with Crippen LogP contribution in [0.3, 0.4) is 0 Å². The second kappa shape index (κ2) is 6.96. The summed E-state index contributed by atoms with van der Waals surface area (Å²) in [5.41, 5.74) is 2.98. The molecule has 0 amide bonds. The third-order valence-corrected chi connectivity index (χ3v) is 3.50. The molecule has 0 bridgehead atoms. The molecule has 2 aromatic rings. The molecule has 0 fully saturated rings. The third kappa shape index (κ3) is 3.60. The highest BCUT2D eigenvalue weighted by molar-refractivity contribution is 6.11. The number of hydrogen-bond acceptors (Lipinski definition) is 4. The Morgan fingerprint density at radius 1 is 1.12 bits per heavy atom. The highest BCUT2D eigenvalue weighted by Gasteiger charge is 2.24. The van der Waals surface area contributed by atoms with E-state index in [2.05, 4.69) is 4.99 Å². The van der Waals surface area contributed by atoms with Crippen molar-refractivity contribution in [1.82, 2.24) is 0 Å². The van der Waals surface area contributed by atoms with Crippen LogP contribution < -0.4 is 4.74 Å². The number of ether oxygens (including phenoxy) is 2. The van der Waals surface area contributed by atoms with Gasteiger partial charge in [0.2, 0.25) is 5.90 Å². The lowest BCUT2D eigenvalue weighted by Gasteiger charge is -2.02. The third-order valence-electron chi connectivity index (χ3n) is 3.50. The van der Waals surface area contributed by atoms with E-state index in [4.69, 9.17) is 9.47 Å². The van der Waals surface area contributed by atoms with Crippen LogP contribution in [0.15, 0.2) is 76.9 Å². The second-order valence-electron chi connectivity index (χ2n) is 5.37. The number of nitrogens with zero attached hydrogens (tertiary/aromatic N) is 1. The minimum absolute atomic E-state index is 0.289. The predicted molar refractivity (Wildman–Crippen MR) is 93.8 cm³/mol. The molecule has 0 spiro atoms. The Hall–Kier alpha value is -3.14. The van der Waals surface area contributed by atoms with Crippen LogP contribution in [0, 0.1) is 0 Å². The van der Waals surface area contributed by atoms with E-state index in [0.717, 1.165) is 11.1 Å². The Balaban J connectivity index is 1.87. The Morgan fingerprint density at radius 2 is 1.92 bits per heavy atom. The first-order valence-electron chi connectivity index (χ1n) is 7.56. The average molecular weight is 319 g/mol. The Kier molecular flexibility index (Phi) is 4.57. The normalized spacial score (nSPS) is 16.1. The van der Waals surface area contributed by atoms with Crippen LogP contribution in [0.25, 0.3) is 6.08 Å². The molecule has 1 aliphatic heterocycles. The average Bonchev–Trinajstić information content (AvgIpc) is 2.96. The number of hydrogen-bond donors (Lipinski definition) is 0. The van der Waals surface area contributed by atoms with Gasteiger partial charge in [-0.2, -0.15) is 0 Å². The molecule has 0 unspecified atom stereocenters. The topological polar surface area (TPSA) is 47.9 Å². The zero-order chi connectivity index (χ0) is 16.9. The molecule has 4 nitrogen and oxygen atoms in total. The van der Waals surface area contributed by atoms with Crippen LogP contribution in [-0.2, 0) is 9.53 Å². The fourth-order valence-electron chi connectivity index (χ4n) is 2.36. The van der Waals surface area contributed by atoms with Crippen LogP contribution in [0.2, 0.25) is 0 Å².